The molecule has 1 fully saturated rings. The van der Waals surface area contributed by atoms with Crippen LogP contribution in [0.15, 0.2) is 59.4 Å². The molecule has 1 saturated heterocycles. The predicted octanol–water partition coefficient (Wildman–Crippen LogP) is 3.82. The lowest BCUT2D eigenvalue weighted by atomic mass is 10.1. The van der Waals surface area contributed by atoms with Crippen LogP contribution < -0.4 is 15.6 Å². The van der Waals surface area contributed by atoms with Gasteiger partial charge in [-0.05, 0) is 49.6 Å². The number of amides is 2. The Hall–Kier alpha value is -3.32. The summed E-state index contributed by atoms with van der Waals surface area (Å²) in [6, 6.07) is 17.0. The molecule has 0 aliphatic carbocycles. The van der Waals surface area contributed by atoms with E-state index in [1.165, 1.54) is 0 Å². The first kappa shape index (κ1) is 21.9. The van der Waals surface area contributed by atoms with Crippen LogP contribution in [0.2, 0.25) is 0 Å². The molecule has 7 heteroatoms. The third kappa shape index (κ3) is 5.48. The van der Waals surface area contributed by atoms with E-state index >= 15 is 0 Å². The number of nitrogens with one attached hydrogen (secondary N) is 2. The molecule has 1 aliphatic heterocycles. The van der Waals surface area contributed by atoms with Gasteiger partial charge in [-0.15, -0.1) is 0 Å². The molecular weight excluding hydrogens is 406 g/mol. The second-order valence-electron chi connectivity index (χ2n) is 7.97. The van der Waals surface area contributed by atoms with Gasteiger partial charge in [0.25, 0.3) is 5.56 Å². The molecule has 1 aliphatic rings. The lowest BCUT2D eigenvalue weighted by molar-refractivity contribution is 0.0793. The number of aromatic amines is 1. The van der Waals surface area contributed by atoms with Gasteiger partial charge in [0.15, 0.2) is 0 Å². The number of urea groups is 1. The van der Waals surface area contributed by atoms with E-state index in [0.717, 1.165) is 35.1 Å². The van der Waals surface area contributed by atoms with Gasteiger partial charge in [0.2, 0.25) is 0 Å². The van der Waals surface area contributed by atoms with E-state index in [4.69, 9.17) is 9.47 Å². The fraction of sp³-hybridized carbons (Fsp3) is 0.360. The normalized spacial score (nSPS) is 15.6. The van der Waals surface area contributed by atoms with Crippen molar-refractivity contribution in [2.75, 3.05) is 19.8 Å². The molecule has 0 radical (unpaired) electrons. The highest BCUT2D eigenvalue weighted by Crippen LogP contribution is 2.20. The van der Waals surface area contributed by atoms with Gasteiger partial charge in [0.05, 0.1) is 19.3 Å². The van der Waals surface area contributed by atoms with Crippen molar-refractivity contribution in [3.63, 3.8) is 0 Å². The Morgan fingerprint density at radius 1 is 1.22 bits per heavy atom. The van der Waals surface area contributed by atoms with E-state index in [9.17, 15) is 9.59 Å². The topological polar surface area (TPSA) is 83.7 Å². The minimum atomic E-state index is -0.216. The molecular formula is C25H29N3O4. The SMILES string of the molecule is CCOc1ccc2[nH]c(=O)c(CN(CC3CCCO3)C(=O)NCc3ccccc3)cc2c1. The van der Waals surface area contributed by atoms with Crippen LogP contribution in [-0.2, 0) is 17.8 Å². The van der Waals surface area contributed by atoms with E-state index < -0.39 is 0 Å². The molecule has 1 unspecified atom stereocenters. The number of carbonyl (C=O) groups excluding carboxylic acids is 1. The molecule has 168 valence electrons. The summed E-state index contributed by atoms with van der Waals surface area (Å²) in [7, 11) is 0. The highest BCUT2D eigenvalue weighted by atomic mass is 16.5. The highest BCUT2D eigenvalue weighted by molar-refractivity contribution is 5.81. The molecule has 4 rings (SSSR count). The van der Waals surface area contributed by atoms with Crippen molar-refractivity contribution in [1.29, 1.82) is 0 Å². The molecule has 2 amide bonds. The van der Waals surface area contributed by atoms with Gasteiger partial charge in [-0.3, -0.25) is 4.79 Å². The van der Waals surface area contributed by atoms with Crippen LogP contribution in [0.5, 0.6) is 5.75 Å². The Labute approximate surface area is 187 Å². The number of fused-ring (bicyclic) bond motifs is 1. The number of carbonyl (C=O) groups is 1. The minimum Gasteiger partial charge on any atom is -0.494 e. The van der Waals surface area contributed by atoms with Crippen LogP contribution in [0.4, 0.5) is 4.79 Å². The number of benzene rings is 2. The second-order valence-corrected chi connectivity index (χ2v) is 7.97. The first-order valence-corrected chi connectivity index (χ1v) is 11.1. The van der Waals surface area contributed by atoms with E-state index in [2.05, 4.69) is 10.3 Å². The summed E-state index contributed by atoms with van der Waals surface area (Å²) in [6.45, 7) is 4.27. The fourth-order valence-corrected chi connectivity index (χ4v) is 3.95. The van der Waals surface area contributed by atoms with Crippen LogP contribution in [-0.4, -0.2) is 41.8 Å². The zero-order chi connectivity index (χ0) is 22.3. The summed E-state index contributed by atoms with van der Waals surface area (Å²) in [5.41, 5.74) is 2.08. The Bertz CT molecular complexity index is 1110. The fourth-order valence-electron chi connectivity index (χ4n) is 3.95. The number of rotatable bonds is 8. The van der Waals surface area contributed by atoms with Gasteiger partial charge >= 0.3 is 6.03 Å². The molecule has 7 nitrogen and oxygen atoms in total. The monoisotopic (exact) mass is 435 g/mol. The average molecular weight is 436 g/mol. The molecule has 0 spiro atoms. The molecule has 0 bridgehead atoms. The summed E-state index contributed by atoms with van der Waals surface area (Å²) in [4.78, 5) is 30.4. The van der Waals surface area contributed by atoms with E-state index in [0.29, 0.717) is 31.9 Å². The maximum Gasteiger partial charge on any atom is 0.318 e. The van der Waals surface area contributed by atoms with E-state index in [-0.39, 0.29) is 24.2 Å². The average Bonchev–Trinajstić information content (AvgIpc) is 3.32. The second kappa shape index (κ2) is 10.3. The third-order valence-electron chi connectivity index (χ3n) is 5.59. The van der Waals surface area contributed by atoms with Crippen LogP contribution >= 0.6 is 0 Å². The van der Waals surface area contributed by atoms with Gasteiger partial charge in [-0.2, -0.15) is 0 Å². The van der Waals surface area contributed by atoms with Crippen LogP contribution in [0.25, 0.3) is 10.9 Å². The Kier molecular flexibility index (Phi) is 7.07. The molecule has 2 N–H and O–H groups in total. The molecule has 3 aromatic rings. The molecule has 0 saturated carbocycles. The molecule has 1 atom stereocenters. The van der Waals surface area contributed by atoms with Crippen molar-refractivity contribution >= 4 is 16.9 Å². The van der Waals surface area contributed by atoms with Gasteiger partial charge in [-0.25, -0.2) is 4.79 Å². The van der Waals surface area contributed by atoms with Gasteiger partial charge < -0.3 is 24.7 Å². The summed E-state index contributed by atoms with van der Waals surface area (Å²) in [5, 5.41) is 3.84. The number of ether oxygens (including phenoxy) is 2. The first-order chi connectivity index (χ1) is 15.6. The van der Waals surface area contributed by atoms with Crippen molar-refractivity contribution in [3.8, 4) is 5.75 Å². The van der Waals surface area contributed by atoms with Crippen molar-refractivity contribution in [3.05, 3.63) is 76.1 Å². The van der Waals surface area contributed by atoms with Gasteiger partial charge in [-0.1, -0.05) is 30.3 Å². The van der Waals surface area contributed by atoms with Crippen molar-refractivity contribution in [1.82, 2.24) is 15.2 Å². The molecule has 32 heavy (non-hydrogen) atoms. The highest BCUT2D eigenvalue weighted by Gasteiger charge is 2.23. The number of hydrogen-bond donors (Lipinski definition) is 2. The summed E-state index contributed by atoms with van der Waals surface area (Å²) in [6.07, 6.45) is 1.89. The van der Waals surface area contributed by atoms with E-state index in [1.807, 2.05) is 61.5 Å². The maximum atomic E-state index is 13.0. The predicted molar refractivity (Wildman–Crippen MR) is 124 cm³/mol. The van der Waals surface area contributed by atoms with Gasteiger partial charge in [0.1, 0.15) is 5.75 Å². The molecule has 2 heterocycles. The Morgan fingerprint density at radius 3 is 2.81 bits per heavy atom. The van der Waals surface area contributed by atoms with Crippen LogP contribution in [0.1, 0.15) is 30.9 Å². The maximum absolute atomic E-state index is 13.0. The zero-order valence-corrected chi connectivity index (χ0v) is 18.3. The number of nitrogens with zero attached hydrogens (tertiary/aromatic N) is 1. The lowest BCUT2D eigenvalue weighted by Crippen LogP contribution is -2.43. The minimum absolute atomic E-state index is 0.0124. The molecule has 1 aromatic heterocycles. The standard InChI is InChI=1S/C25H29N3O4/c1-2-31-21-10-11-23-19(14-21)13-20(24(29)27-23)16-28(17-22-9-6-12-32-22)25(30)26-15-18-7-4-3-5-8-18/h3-5,7-8,10-11,13-14,22H,2,6,9,12,15-17H2,1H3,(H,26,30)(H,27,29). The largest absolute Gasteiger partial charge is 0.494 e. The van der Waals surface area contributed by atoms with Gasteiger partial charge in [0, 0.05) is 36.2 Å². The summed E-state index contributed by atoms with van der Waals surface area (Å²) < 4.78 is 11.3. The van der Waals surface area contributed by atoms with Crippen LogP contribution in [0, 0.1) is 0 Å². The number of H-pyrrole nitrogens is 1. The number of hydrogen-bond acceptors (Lipinski definition) is 4. The zero-order valence-electron chi connectivity index (χ0n) is 18.3. The summed E-state index contributed by atoms with van der Waals surface area (Å²) in [5.74, 6) is 0.745. The number of pyridine rings is 1. The Morgan fingerprint density at radius 2 is 2.06 bits per heavy atom. The van der Waals surface area contributed by atoms with Crippen molar-refractivity contribution < 1.29 is 14.3 Å². The first-order valence-electron chi connectivity index (χ1n) is 11.1. The van der Waals surface area contributed by atoms with E-state index in [1.54, 1.807) is 4.90 Å². The number of aromatic nitrogens is 1. The summed E-state index contributed by atoms with van der Waals surface area (Å²) >= 11 is 0. The smallest absolute Gasteiger partial charge is 0.318 e. The quantitative estimate of drug-likeness (QED) is 0.564. The van der Waals surface area contributed by atoms with Crippen LogP contribution in [0.3, 0.4) is 0 Å². The lowest BCUT2D eigenvalue weighted by Gasteiger charge is -2.26. The van der Waals surface area contributed by atoms with Crippen molar-refractivity contribution in [2.24, 2.45) is 0 Å². The molecule has 2 aromatic carbocycles. The van der Waals surface area contributed by atoms with Crippen molar-refractivity contribution in [2.45, 2.75) is 39.0 Å². The third-order valence-corrected chi connectivity index (χ3v) is 5.59. The Balaban J connectivity index is 1.54.